The number of thioether (sulfide) groups is 1. The first-order valence-corrected chi connectivity index (χ1v) is 8.86. The summed E-state index contributed by atoms with van der Waals surface area (Å²) in [6, 6.07) is -0.876. The molecule has 3 rings (SSSR count). The van der Waals surface area contributed by atoms with Gasteiger partial charge < -0.3 is 25.8 Å². The number of anilines is 1. The number of thiazole rings is 1. The first kappa shape index (κ1) is 20.7. The summed E-state index contributed by atoms with van der Waals surface area (Å²) in [6.45, 7) is 0. The van der Waals surface area contributed by atoms with Crippen molar-refractivity contribution in [2.24, 2.45) is 5.16 Å². The third kappa shape index (κ3) is 3.74. The Bertz CT molecular complexity index is 811. The van der Waals surface area contributed by atoms with Gasteiger partial charge in [0, 0.05) is 11.1 Å². The SMILES string of the molecule is CO/N=C(/C(=O)N[C@@H]1C(=O)N2C(C(=O)[O-])=CCS[C@H]12)c1csc(N)n1.[Na+]. The predicted molar refractivity (Wildman–Crippen MR) is 88.2 cm³/mol. The zero-order chi connectivity index (χ0) is 18.1. The minimum absolute atomic E-state index is 0. The maximum absolute atomic E-state index is 12.5. The number of carboxylic acids is 1. The molecule has 2 aliphatic rings. The van der Waals surface area contributed by atoms with Crippen LogP contribution in [-0.2, 0) is 19.2 Å². The van der Waals surface area contributed by atoms with Crippen LogP contribution in [0.15, 0.2) is 22.3 Å². The van der Waals surface area contributed by atoms with Crippen molar-refractivity contribution in [1.82, 2.24) is 15.2 Å². The van der Waals surface area contributed by atoms with Gasteiger partial charge in [0.2, 0.25) is 0 Å². The first-order valence-electron chi connectivity index (χ1n) is 6.93. The summed E-state index contributed by atoms with van der Waals surface area (Å²) in [5, 5.41) is 18.5. The van der Waals surface area contributed by atoms with Crippen LogP contribution in [0.25, 0.3) is 0 Å². The summed E-state index contributed by atoms with van der Waals surface area (Å²) in [7, 11) is 1.27. The second-order valence-corrected chi connectivity index (χ2v) is 6.99. The van der Waals surface area contributed by atoms with Gasteiger partial charge in [-0.1, -0.05) is 5.16 Å². The van der Waals surface area contributed by atoms with Crippen LogP contribution in [0.1, 0.15) is 5.69 Å². The predicted octanol–water partition coefficient (Wildman–Crippen LogP) is -4.89. The first-order chi connectivity index (χ1) is 11.9. The van der Waals surface area contributed by atoms with Gasteiger partial charge in [0.15, 0.2) is 10.8 Å². The third-order valence-electron chi connectivity index (χ3n) is 3.50. The summed E-state index contributed by atoms with van der Waals surface area (Å²) < 4.78 is 0. The fourth-order valence-corrected chi connectivity index (χ4v) is 4.17. The smallest absolute Gasteiger partial charge is 0.543 e. The number of carbonyl (C=O) groups is 3. The Labute approximate surface area is 178 Å². The number of fused-ring (bicyclic) bond motifs is 1. The summed E-state index contributed by atoms with van der Waals surface area (Å²) in [5.74, 6) is -2.24. The van der Waals surface area contributed by atoms with Crippen molar-refractivity contribution in [3.63, 3.8) is 0 Å². The second kappa shape index (κ2) is 8.39. The number of rotatable bonds is 5. The maximum atomic E-state index is 12.5. The van der Waals surface area contributed by atoms with Crippen LogP contribution in [0, 0.1) is 0 Å². The molecule has 0 spiro atoms. The summed E-state index contributed by atoms with van der Waals surface area (Å²) in [6.07, 6.45) is 1.41. The van der Waals surface area contributed by atoms with E-state index in [4.69, 9.17) is 5.73 Å². The van der Waals surface area contributed by atoms with Crippen LogP contribution < -0.4 is 45.7 Å². The number of nitrogen functional groups attached to an aromatic ring is 1. The molecule has 0 bridgehead atoms. The summed E-state index contributed by atoms with van der Waals surface area (Å²) in [4.78, 5) is 45.5. The van der Waals surface area contributed by atoms with Crippen LogP contribution in [-0.4, -0.2) is 57.7 Å². The number of nitrogens with one attached hydrogen (secondary N) is 1. The number of nitrogens with two attached hydrogens (primary N) is 1. The minimum Gasteiger partial charge on any atom is -0.543 e. The number of carbonyl (C=O) groups excluding carboxylic acids is 3. The average molecular weight is 405 g/mol. The Morgan fingerprint density at radius 3 is 2.85 bits per heavy atom. The summed E-state index contributed by atoms with van der Waals surface area (Å²) >= 11 is 2.46. The average Bonchev–Trinajstić information content (AvgIpc) is 3.02. The van der Waals surface area contributed by atoms with E-state index in [2.05, 4.69) is 20.3 Å². The van der Waals surface area contributed by atoms with E-state index in [1.807, 2.05) is 0 Å². The Balaban J connectivity index is 0.00000243. The molecule has 1 fully saturated rings. The zero-order valence-electron chi connectivity index (χ0n) is 13.8. The number of hydrogen-bond donors (Lipinski definition) is 2. The molecule has 3 heterocycles. The van der Waals surface area contributed by atoms with Crippen molar-refractivity contribution >= 4 is 51.7 Å². The summed E-state index contributed by atoms with van der Waals surface area (Å²) in [5.41, 5.74) is 5.46. The van der Waals surface area contributed by atoms with E-state index < -0.39 is 29.2 Å². The van der Waals surface area contributed by atoms with Gasteiger partial charge in [0.25, 0.3) is 11.8 Å². The second-order valence-electron chi connectivity index (χ2n) is 4.95. The van der Waals surface area contributed by atoms with Crippen molar-refractivity contribution in [1.29, 1.82) is 0 Å². The Morgan fingerprint density at radius 2 is 2.27 bits per heavy atom. The van der Waals surface area contributed by atoms with E-state index in [1.54, 1.807) is 0 Å². The van der Waals surface area contributed by atoms with Crippen molar-refractivity contribution in [3.05, 3.63) is 22.8 Å². The maximum Gasteiger partial charge on any atom is 1.00 e. The molecule has 0 saturated carbocycles. The number of β-lactam (4-membered cyclic amide) rings is 1. The van der Waals surface area contributed by atoms with Crippen LogP contribution in [0.4, 0.5) is 5.13 Å². The molecular weight excluding hydrogens is 393 g/mol. The molecule has 2 aliphatic heterocycles. The van der Waals surface area contributed by atoms with E-state index in [0.717, 1.165) is 16.2 Å². The molecule has 1 saturated heterocycles. The molecule has 0 unspecified atom stereocenters. The van der Waals surface area contributed by atoms with Gasteiger partial charge in [-0.05, 0) is 6.08 Å². The Morgan fingerprint density at radius 1 is 1.54 bits per heavy atom. The molecule has 0 aliphatic carbocycles. The molecule has 2 atom stereocenters. The normalized spacial score (nSPS) is 21.7. The number of hydrogen-bond acceptors (Lipinski definition) is 10. The Kier molecular flexibility index (Phi) is 6.69. The van der Waals surface area contributed by atoms with Crippen LogP contribution in [0.3, 0.4) is 0 Å². The fourth-order valence-electron chi connectivity index (χ4n) is 2.43. The van der Waals surface area contributed by atoms with Crippen LogP contribution in [0.5, 0.6) is 0 Å². The largest absolute Gasteiger partial charge is 1.00 e. The molecule has 26 heavy (non-hydrogen) atoms. The van der Waals surface area contributed by atoms with Gasteiger partial charge >= 0.3 is 29.6 Å². The van der Waals surface area contributed by atoms with Gasteiger partial charge in [-0.15, -0.1) is 23.1 Å². The molecule has 10 nitrogen and oxygen atoms in total. The number of nitrogens with zero attached hydrogens (tertiary/aromatic N) is 3. The van der Waals surface area contributed by atoms with Crippen molar-refractivity contribution in [3.8, 4) is 0 Å². The zero-order valence-corrected chi connectivity index (χ0v) is 17.4. The number of amides is 2. The van der Waals surface area contributed by atoms with E-state index in [-0.39, 0.29) is 51.8 Å². The quantitative estimate of drug-likeness (QED) is 0.214. The monoisotopic (exact) mass is 405 g/mol. The van der Waals surface area contributed by atoms with E-state index in [0.29, 0.717) is 5.75 Å². The number of oxime groups is 1. The van der Waals surface area contributed by atoms with Gasteiger partial charge in [-0.3, -0.25) is 14.5 Å². The molecule has 1 aromatic rings. The molecule has 132 valence electrons. The van der Waals surface area contributed by atoms with Crippen LogP contribution in [0.2, 0.25) is 0 Å². The standard InChI is InChI=1S/C13H13N5O5S2.Na/c1-23-17-7(5-4-25-13(14)15-5)9(19)16-8-10(20)18-6(12(21)22)2-3-24-11(8)18;/h2,4,8,11H,3H2,1H3,(H2,14,15)(H,16,19)(H,21,22);/q;+1/p-1/b17-7+;/t8-,11-;/m1./s1. The molecule has 1 aromatic heterocycles. The van der Waals surface area contributed by atoms with Gasteiger partial charge in [-0.2, -0.15) is 0 Å². The topological polar surface area (TPSA) is 150 Å². The van der Waals surface area contributed by atoms with Crippen molar-refractivity contribution < 1.29 is 53.9 Å². The number of carboxylic acid groups (broad SMARTS) is 1. The van der Waals surface area contributed by atoms with E-state index in [9.17, 15) is 19.5 Å². The van der Waals surface area contributed by atoms with E-state index in [1.165, 1.54) is 30.3 Å². The number of aliphatic carboxylic acids is 1. The van der Waals surface area contributed by atoms with Gasteiger partial charge in [-0.25, -0.2) is 4.98 Å². The van der Waals surface area contributed by atoms with Crippen molar-refractivity contribution in [2.45, 2.75) is 11.4 Å². The number of aromatic nitrogens is 1. The molecule has 0 radical (unpaired) electrons. The Hall–Kier alpha value is -1.60. The van der Waals surface area contributed by atoms with Gasteiger partial charge in [0.1, 0.15) is 24.2 Å². The minimum atomic E-state index is -1.43. The molecule has 0 aromatic carbocycles. The molecule has 2 amide bonds. The third-order valence-corrected chi connectivity index (χ3v) is 5.36. The molecular formula is C13H12N5NaO5S2. The van der Waals surface area contributed by atoms with Crippen molar-refractivity contribution in [2.75, 3.05) is 18.6 Å². The fraction of sp³-hybridized carbons (Fsp3) is 0.308. The molecule has 3 N–H and O–H groups in total. The van der Waals surface area contributed by atoms with Gasteiger partial charge in [0.05, 0.1) is 11.7 Å². The van der Waals surface area contributed by atoms with Crippen LogP contribution >= 0.6 is 23.1 Å². The molecule has 13 heteroatoms. The van der Waals surface area contributed by atoms with E-state index >= 15 is 0 Å².